The number of benzene rings is 4. The molecular weight excluding hydrogens is 691 g/mol. The van der Waals surface area contributed by atoms with E-state index in [4.69, 9.17) is 60.5 Å². The summed E-state index contributed by atoms with van der Waals surface area (Å²) in [4.78, 5) is 31.6. The van der Waals surface area contributed by atoms with Gasteiger partial charge in [-0.25, -0.2) is 9.59 Å². The van der Waals surface area contributed by atoms with E-state index in [2.05, 4.69) is 9.97 Å². The Labute approximate surface area is 296 Å². The van der Waals surface area contributed by atoms with E-state index in [0.717, 1.165) is 0 Å². The average Bonchev–Trinajstić information content (AvgIpc) is 3.69. The second-order valence-electron chi connectivity index (χ2n) is 10.4. The number of hydrogen-bond donors (Lipinski definition) is 0. The topological polar surface area (TPSA) is 142 Å². The van der Waals surface area contributed by atoms with Crippen molar-refractivity contribution in [1.82, 2.24) is 9.97 Å². The highest BCUT2D eigenvalue weighted by Crippen LogP contribution is 2.30. The fourth-order valence-corrected chi connectivity index (χ4v) is 4.56. The van der Waals surface area contributed by atoms with Gasteiger partial charge in [0.1, 0.15) is 34.0 Å². The van der Waals surface area contributed by atoms with Gasteiger partial charge in [-0.1, -0.05) is 23.2 Å². The van der Waals surface area contributed by atoms with Crippen molar-refractivity contribution in [3.05, 3.63) is 95.0 Å². The first-order valence-electron chi connectivity index (χ1n) is 15.4. The second kappa shape index (κ2) is 16.8. The lowest BCUT2D eigenvalue weighted by Gasteiger charge is -2.13. The van der Waals surface area contributed by atoms with Crippen LogP contribution in [0.3, 0.4) is 0 Å². The van der Waals surface area contributed by atoms with Gasteiger partial charge in [0.05, 0.1) is 13.2 Å². The van der Waals surface area contributed by atoms with Crippen LogP contribution >= 0.6 is 23.2 Å². The summed E-state index contributed by atoms with van der Waals surface area (Å²) in [5.41, 5.74) is 2.40. The Morgan fingerprint density at radius 3 is 1.32 bits per heavy atom. The third kappa shape index (κ3) is 9.80. The summed E-state index contributed by atoms with van der Waals surface area (Å²) in [6, 6.07) is 23.8. The first-order valence-corrected chi connectivity index (χ1v) is 16.2. The SMILES string of the molecule is CCOC(=O)C(C)Oc1ccc(Oc2nc3ccc(Cl)cc3o2)cc1.CCOC(=O)[C@@H](C)Oc1ccc(Oc2nc3ccc(Cl)cc3o2)cc1. The van der Waals surface area contributed by atoms with Gasteiger partial charge in [0.25, 0.3) is 0 Å². The van der Waals surface area contributed by atoms with Crippen LogP contribution in [-0.4, -0.2) is 47.3 Å². The van der Waals surface area contributed by atoms with Crippen LogP contribution in [0.1, 0.15) is 27.7 Å². The number of halogens is 2. The normalized spacial score (nSPS) is 12.0. The van der Waals surface area contributed by atoms with E-state index < -0.39 is 24.1 Å². The third-order valence-electron chi connectivity index (χ3n) is 6.58. The molecule has 0 saturated carbocycles. The molecule has 14 heteroatoms. The zero-order valence-electron chi connectivity index (χ0n) is 27.4. The molecule has 0 spiro atoms. The van der Waals surface area contributed by atoms with E-state index >= 15 is 0 Å². The first kappa shape index (κ1) is 35.8. The van der Waals surface area contributed by atoms with Gasteiger partial charge < -0.3 is 37.3 Å². The number of fused-ring (bicyclic) bond motifs is 2. The van der Waals surface area contributed by atoms with Crippen LogP contribution in [0.15, 0.2) is 93.8 Å². The van der Waals surface area contributed by atoms with Gasteiger partial charge in [0.2, 0.25) is 0 Å². The maximum atomic E-state index is 11.6. The smallest absolute Gasteiger partial charge is 0.400 e. The molecule has 4 aromatic carbocycles. The summed E-state index contributed by atoms with van der Waals surface area (Å²) >= 11 is 11.8. The van der Waals surface area contributed by atoms with Crippen LogP contribution in [-0.2, 0) is 19.1 Å². The molecule has 6 aromatic rings. The van der Waals surface area contributed by atoms with Gasteiger partial charge in [0, 0.05) is 22.2 Å². The highest BCUT2D eigenvalue weighted by molar-refractivity contribution is 6.31. The lowest BCUT2D eigenvalue weighted by molar-refractivity contribution is -0.151. The van der Waals surface area contributed by atoms with Crippen molar-refractivity contribution in [1.29, 1.82) is 0 Å². The van der Waals surface area contributed by atoms with Crippen LogP contribution in [0.25, 0.3) is 22.2 Å². The molecule has 260 valence electrons. The van der Waals surface area contributed by atoms with Crippen molar-refractivity contribution in [3.63, 3.8) is 0 Å². The summed E-state index contributed by atoms with van der Waals surface area (Å²) in [5.74, 6) is 1.28. The van der Waals surface area contributed by atoms with Crippen LogP contribution in [0.2, 0.25) is 10.0 Å². The van der Waals surface area contributed by atoms with Gasteiger partial charge in [-0.15, -0.1) is 0 Å². The summed E-state index contributed by atoms with van der Waals surface area (Å²) in [6.07, 6.45) is -1.14. The van der Waals surface area contributed by atoms with Crippen molar-refractivity contribution in [3.8, 4) is 35.2 Å². The minimum Gasteiger partial charge on any atom is -0.479 e. The van der Waals surface area contributed by atoms with Crippen molar-refractivity contribution >= 4 is 57.3 Å². The molecule has 2 atom stereocenters. The van der Waals surface area contributed by atoms with E-state index in [-0.39, 0.29) is 12.2 Å². The largest absolute Gasteiger partial charge is 0.479 e. The molecule has 0 aliphatic heterocycles. The molecule has 0 radical (unpaired) electrons. The summed E-state index contributed by atoms with van der Waals surface area (Å²) in [7, 11) is 0. The Kier molecular flexibility index (Phi) is 12.0. The summed E-state index contributed by atoms with van der Waals surface area (Å²) in [6.45, 7) is 7.38. The van der Waals surface area contributed by atoms with Crippen molar-refractivity contribution in [2.75, 3.05) is 13.2 Å². The second-order valence-corrected chi connectivity index (χ2v) is 11.2. The highest BCUT2D eigenvalue weighted by atomic mass is 35.5. The zero-order valence-corrected chi connectivity index (χ0v) is 28.9. The predicted molar refractivity (Wildman–Crippen MR) is 185 cm³/mol. The molecule has 6 rings (SSSR count). The van der Waals surface area contributed by atoms with Crippen LogP contribution in [0, 0.1) is 0 Å². The highest BCUT2D eigenvalue weighted by Gasteiger charge is 2.17. The van der Waals surface area contributed by atoms with Crippen LogP contribution in [0.5, 0.6) is 35.2 Å². The molecule has 0 amide bonds. The molecule has 0 fully saturated rings. The molecule has 0 N–H and O–H groups in total. The summed E-state index contributed by atoms with van der Waals surface area (Å²) < 4.78 is 43.0. The van der Waals surface area contributed by atoms with Crippen LogP contribution in [0.4, 0.5) is 0 Å². The molecule has 2 aromatic heterocycles. The lowest BCUT2D eigenvalue weighted by Crippen LogP contribution is -2.25. The number of carbonyl (C=O) groups is 2. The molecule has 12 nitrogen and oxygen atoms in total. The van der Waals surface area contributed by atoms with Gasteiger partial charge >= 0.3 is 24.1 Å². The summed E-state index contributed by atoms with van der Waals surface area (Å²) in [5, 5.41) is 1.12. The number of hydrogen-bond acceptors (Lipinski definition) is 12. The van der Waals surface area contributed by atoms with Gasteiger partial charge in [0.15, 0.2) is 23.4 Å². The number of aromatic nitrogens is 2. The van der Waals surface area contributed by atoms with E-state index in [0.29, 0.717) is 68.5 Å². The minimum atomic E-state index is -0.687. The molecule has 2 heterocycles. The molecule has 1 unspecified atom stereocenters. The minimum absolute atomic E-state index is 0.117. The van der Waals surface area contributed by atoms with Crippen LogP contribution < -0.4 is 18.9 Å². The maximum absolute atomic E-state index is 11.6. The molecular formula is C36H32Cl2N2O10. The molecule has 0 saturated heterocycles. The van der Waals surface area contributed by atoms with E-state index in [1.807, 2.05) is 0 Å². The lowest BCUT2D eigenvalue weighted by atomic mass is 10.3. The van der Waals surface area contributed by atoms with Crippen molar-refractivity contribution in [2.24, 2.45) is 0 Å². The molecule has 0 aliphatic carbocycles. The Hall–Kier alpha value is -5.46. The number of esters is 2. The van der Waals surface area contributed by atoms with Gasteiger partial charge in [-0.2, -0.15) is 9.97 Å². The Morgan fingerprint density at radius 1 is 0.600 bits per heavy atom. The van der Waals surface area contributed by atoms with Crippen molar-refractivity contribution in [2.45, 2.75) is 39.9 Å². The fraction of sp³-hybridized carbons (Fsp3) is 0.222. The Bertz CT molecular complexity index is 1900. The van der Waals surface area contributed by atoms with E-state index in [1.54, 1.807) is 113 Å². The van der Waals surface area contributed by atoms with Crippen molar-refractivity contribution < 1.29 is 46.8 Å². The first-order chi connectivity index (χ1) is 24.1. The predicted octanol–water partition coefficient (Wildman–Crippen LogP) is 9.21. The Morgan fingerprint density at radius 2 is 0.960 bits per heavy atom. The average molecular weight is 724 g/mol. The van der Waals surface area contributed by atoms with Gasteiger partial charge in [-0.05, 0) is 100 Å². The monoisotopic (exact) mass is 722 g/mol. The van der Waals surface area contributed by atoms with E-state index in [9.17, 15) is 9.59 Å². The van der Waals surface area contributed by atoms with Gasteiger partial charge in [-0.3, -0.25) is 0 Å². The Balaban J connectivity index is 0.000000194. The molecule has 50 heavy (non-hydrogen) atoms. The molecule has 0 bridgehead atoms. The fourth-order valence-electron chi connectivity index (χ4n) is 4.24. The van der Waals surface area contributed by atoms with E-state index in [1.165, 1.54) is 0 Å². The standard InChI is InChI=1S/2C18H16ClNO5/c2*1-3-22-17(21)11(2)23-13-5-7-14(8-6-13)24-18-20-15-9-4-12(19)10-16(15)25-18/h2*4-11H,3H2,1-2H3/t11-;/m1./s1. The number of oxazole rings is 2. The number of rotatable bonds is 12. The molecule has 0 aliphatic rings. The third-order valence-corrected chi connectivity index (χ3v) is 7.05. The number of ether oxygens (including phenoxy) is 6. The number of carbonyl (C=O) groups excluding carboxylic acids is 2. The maximum Gasteiger partial charge on any atom is 0.400 e. The number of nitrogens with zero attached hydrogens (tertiary/aromatic N) is 2. The zero-order chi connectivity index (χ0) is 35.6. The quantitative estimate of drug-likeness (QED) is 0.111.